The van der Waals surface area contributed by atoms with Gasteiger partial charge in [-0.05, 0) is 36.2 Å². The lowest BCUT2D eigenvalue weighted by Gasteiger charge is -2.42. The lowest BCUT2D eigenvalue weighted by atomic mass is 9.79. The molecule has 174 valence electrons. The van der Waals surface area contributed by atoms with Gasteiger partial charge < -0.3 is 19.4 Å². The molecule has 1 aliphatic heterocycles. The van der Waals surface area contributed by atoms with Crippen LogP contribution in [-0.4, -0.2) is 35.6 Å². The zero-order valence-corrected chi connectivity index (χ0v) is 19.4. The van der Waals surface area contributed by atoms with E-state index < -0.39 is 11.7 Å². The number of rotatable bonds is 7. The summed E-state index contributed by atoms with van der Waals surface area (Å²) in [6.07, 6.45) is 2.29. The van der Waals surface area contributed by atoms with Crippen LogP contribution < -0.4 is 10.4 Å². The van der Waals surface area contributed by atoms with Crippen LogP contribution in [0.25, 0.3) is 11.1 Å². The maximum absolute atomic E-state index is 13.2. The molecule has 1 saturated heterocycles. The monoisotopic (exact) mass is 443 g/mol. The lowest BCUT2D eigenvalue weighted by Crippen LogP contribution is -2.41. The van der Waals surface area contributed by atoms with E-state index in [2.05, 4.69) is 13.8 Å². The number of aromatic hydroxyl groups is 1. The molecule has 7 nitrogen and oxygen atoms in total. The Labute approximate surface area is 188 Å². The van der Waals surface area contributed by atoms with Crippen molar-refractivity contribution >= 4 is 5.97 Å². The van der Waals surface area contributed by atoms with Crippen molar-refractivity contribution in [2.75, 3.05) is 13.7 Å². The highest BCUT2D eigenvalue weighted by molar-refractivity contribution is 5.71. The van der Waals surface area contributed by atoms with Gasteiger partial charge in [-0.3, -0.25) is 9.59 Å². The van der Waals surface area contributed by atoms with Crippen LogP contribution in [0.4, 0.5) is 0 Å². The summed E-state index contributed by atoms with van der Waals surface area (Å²) in [7, 11) is 1.42. The van der Waals surface area contributed by atoms with Crippen LogP contribution in [0.2, 0.25) is 0 Å². The van der Waals surface area contributed by atoms with E-state index in [9.17, 15) is 14.7 Å². The molecule has 2 aromatic rings. The van der Waals surface area contributed by atoms with E-state index in [0.717, 1.165) is 16.7 Å². The lowest BCUT2D eigenvalue weighted by molar-refractivity contribution is -0.146. The van der Waals surface area contributed by atoms with Crippen molar-refractivity contribution in [3.8, 4) is 16.9 Å². The van der Waals surface area contributed by atoms with Gasteiger partial charge in [0.05, 0.1) is 30.6 Å². The average molecular weight is 444 g/mol. The summed E-state index contributed by atoms with van der Waals surface area (Å²) in [5.41, 5.74) is 1.07. The van der Waals surface area contributed by atoms with E-state index >= 15 is 0 Å². The summed E-state index contributed by atoms with van der Waals surface area (Å²) in [6, 6.07) is 9.38. The fourth-order valence-corrected chi connectivity index (χ4v) is 4.71. The zero-order chi connectivity index (χ0) is 23.4. The van der Waals surface area contributed by atoms with E-state index in [0.29, 0.717) is 18.6 Å². The number of hydrogen-bond donors (Lipinski definition) is 1. The third-order valence-corrected chi connectivity index (χ3v) is 6.32. The summed E-state index contributed by atoms with van der Waals surface area (Å²) >= 11 is 0. The van der Waals surface area contributed by atoms with Gasteiger partial charge in [-0.15, -0.1) is 0 Å². The van der Waals surface area contributed by atoms with Crippen molar-refractivity contribution in [1.82, 2.24) is 4.73 Å². The predicted octanol–water partition coefficient (Wildman–Crippen LogP) is 3.97. The molecule has 0 bridgehead atoms. The smallest absolute Gasteiger partial charge is 0.302 e. The second kappa shape index (κ2) is 10.2. The van der Waals surface area contributed by atoms with Crippen LogP contribution in [0.1, 0.15) is 52.2 Å². The van der Waals surface area contributed by atoms with E-state index in [-0.39, 0.29) is 41.1 Å². The first-order valence-electron chi connectivity index (χ1n) is 11.1. The highest BCUT2D eigenvalue weighted by atomic mass is 16.6. The molecule has 2 heterocycles. The number of ether oxygens (including phenoxy) is 2. The Hall–Kier alpha value is -2.80. The Bertz CT molecular complexity index is 986. The first-order chi connectivity index (χ1) is 15.2. The Morgan fingerprint density at radius 3 is 2.56 bits per heavy atom. The first-order valence-corrected chi connectivity index (χ1v) is 11.1. The summed E-state index contributed by atoms with van der Waals surface area (Å²) in [5, 5.41) is 11.2. The quantitative estimate of drug-likeness (QED) is 0.652. The van der Waals surface area contributed by atoms with E-state index in [1.807, 2.05) is 37.3 Å². The Morgan fingerprint density at radius 1 is 1.25 bits per heavy atom. The van der Waals surface area contributed by atoms with Crippen LogP contribution in [0.15, 0.2) is 41.3 Å². The highest BCUT2D eigenvalue weighted by Gasteiger charge is 2.40. The van der Waals surface area contributed by atoms with Crippen LogP contribution in [0.3, 0.4) is 0 Å². The number of carbonyl (C=O) groups excluding carboxylic acids is 1. The van der Waals surface area contributed by atoms with Gasteiger partial charge in [0.15, 0.2) is 0 Å². The van der Waals surface area contributed by atoms with Gasteiger partial charge in [-0.25, -0.2) is 0 Å². The van der Waals surface area contributed by atoms with Crippen LogP contribution >= 0.6 is 0 Å². The molecule has 1 N–H and O–H groups in total. The number of benzene rings is 1. The van der Waals surface area contributed by atoms with Gasteiger partial charge in [-0.2, -0.15) is 4.73 Å². The van der Waals surface area contributed by atoms with Gasteiger partial charge in [-0.1, -0.05) is 51.1 Å². The molecule has 1 fully saturated rings. The second-order valence-electron chi connectivity index (χ2n) is 8.80. The predicted molar refractivity (Wildman–Crippen MR) is 121 cm³/mol. The third-order valence-electron chi connectivity index (χ3n) is 6.32. The molecule has 0 amide bonds. The Balaban J connectivity index is 1.98. The van der Waals surface area contributed by atoms with E-state index in [4.69, 9.17) is 14.3 Å². The summed E-state index contributed by atoms with van der Waals surface area (Å²) in [4.78, 5) is 29.6. The van der Waals surface area contributed by atoms with E-state index in [1.54, 1.807) is 0 Å². The zero-order valence-electron chi connectivity index (χ0n) is 19.4. The summed E-state index contributed by atoms with van der Waals surface area (Å²) in [5.74, 6) is 0.0225. The molecule has 7 heteroatoms. The van der Waals surface area contributed by atoms with Gasteiger partial charge in [0, 0.05) is 12.5 Å². The number of carbonyl (C=O) groups is 1. The van der Waals surface area contributed by atoms with Gasteiger partial charge in [0.2, 0.25) is 0 Å². The van der Waals surface area contributed by atoms with Crippen LogP contribution in [-0.2, 0) is 14.3 Å². The maximum Gasteiger partial charge on any atom is 0.302 e. The van der Waals surface area contributed by atoms with Crippen molar-refractivity contribution in [3.05, 3.63) is 52.4 Å². The fourth-order valence-electron chi connectivity index (χ4n) is 4.71. The molecule has 5 atom stereocenters. The largest absolute Gasteiger partial charge is 0.507 e. The number of pyridine rings is 1. The minimum atomic E-state index is -0.579. The average Bonchev–Trinajstić information content (AvgIpc) is 2.75. The number of hydrogen-bond acceptors (Lipinski definition) is 6. The van der Waals surface area contributed by atoms with Crippen molar-refractivity contribution < 1.29 is 24.2 Å². The second-order valence-corrected chi connectivity index (χ2v) is 8.80. The molecule has 0 spiro atoms. The molecule has 1 aliphatic rings. The Kier molecular flexibility index (Phi) is 7.61. The summed E-state index contributed by atoms with van der Waals surface area (Å²) < 4.78 is 12.7. The third kappa shape index (κ3) is 4.99. The van der Waals surface area contributed by atoms with Crippen molar-refractivity contribution in [3.63, 3.8) is 0 Å². The molecule has 1 aromatic heterocycles. The van der Waals surface area contributed by atoms with Gasteiger partial charge in [0.25, 0.3) is 5.56 Å². The minimum Gasteiger partial charge on any atom is -0.507 e. The molecular formula is C25H33NO6. The Morgan fingerprint density at radius 2 is 1.94 bits per heavy atom. The topological polar surface area (TPSA) is 87.0 Å². The number of aromatic nitrogens is 1. The molecular weight excluding hydrogens is 410 g/mol. The van der Waals surface area contributed by atoms with Crippen molar-refractivity contribution in [2.45, 2.75) is 52.7 Å². The molecule has 0 radical (unpaired) electrons. The van der Waals surface area contributed by atoms with Gasteiger partial charge >= 0.3 is 5.97 Å². The molecule has 0 aliphatic carbocycles. The normalized spacial score (nSPS) is 24.0. The van der Waals surface area contributed by atoms with Crippen molar-refractivity contribution in [1.29, 1.82) is 0 Å². The van der Waals surface area contributed by atoms with Gasteiger partial charge in [0.1, 0.15) is 12.9 Å². The highest BCUT2D eigenvalue weighted by Crippen LogP contribution is 2.44. The van der Waals surface area contributed by atoms with Crippen molar-refractivity contribution in [2.24, 2.45) is 17.8 Å². The SMILES string of the molecule is COn1cc(-c2ccccc2)c(O)c([C@@H]2O[C@H]([C@H](C)CCOC(C)=O)[C@@H](C)C[C@H]2C)c1=O. The first kappa shape index (κ1) is 23.9. The maximum atomic E-state index is 13.2. The van der Waals surface area contributed by atoms with Crippen LogP contribution in [0, 0.1) is 17.8 Å². The van der Waals surface area contributed by atoms with Crippen LogP contribution in [0.5, 0.6) is 5.75 Å². The van der Waals surface area contributed by atoms with E-state index in [1.165, 1.54) is 20.2 Å². The minimum absolute atomic E-state index is 0.0249. The number of nitrogens with zero attached hydrogens (tertiary/aromatic N) is 1. The molecule has 0 saturated carbocycles. The fraction of sp³-hybridized carbons (Fsp3) is 0.520. The molecule has 3 rings (SSSR count). The number of esters is 1. The standard InChI is InChI=1S/C25H33NO6/c1-15(11-12-31-18(4)27)23-16(2)13-17(3)24(32-23)21-22(28)20(14-26(30-5)25(21)29)19-9-7-6-8-10-19/h6-10,14-17,23-24,28H,11-13H2,1-5H3/t15-,16+,17-,23-,24-/m1/s1. The molecule has 1 aromatic carbocycles. The summed E-state index contributed by atoms with van der Waals surface area (Å²) in [6.45, 7) is 7.95. The molecule has 32 heavy (non-hydrogen) atoms. The molecule has 0 unspecified atom stereocenters.